The number of amides is 3. The lowest BCUT2D eigenvalue weighted by Gasteiger charge is -2.18. The second-order valence-corrected chi connectivity index (χ2v) is 5.35. The molecule has 1 heterocycles. The Kier molecular flexibility index (Phi) is 5.86. The molecule has 1 N–H and O–H groups in total. The van der Waals surface area contributed by atoms with Crippen molar-refractivity contribution in [2.24, 2.45) is 0 Å². The van der Waals surface area contributed by atoms with Crippen LogP contribution in [0.1, 0.15) is 18.4 Å². The molecule has 1 aromatic carbocycles. The van der Waals surface area contributed by atoms with Gasteiger partial charge in [-0.2, -0.15) is 22.0 Å². The van der Waals surface area contributed by atoms with Crippen LogP contribution >= 0.6 is 0 Å². The fourth-order valence-corrected chi connectivity index (χ4v) is 2.41. The molecule has 0 saturated carbocycles. The molecule has 2 rings (SSSR count). The van der Waals surface area contributed by atoms with E-state index in [1.807, 2.05) is 0 Å². The number of esters is 1. The van der Waals surface area contributed by atoms with Gasteiger partial charge in [-0.3, -0.25) is 9.59 Å². The Morgan fingerprint density at radius 1 is 1.30 bits per heavy atom. The van der Waals surface area contributed by atoms with Crippen molar-refractivity contribution in [3.05, 3.63) is 23.8 Å². The number of methoxy groups -OCH3 is 1. The highest BCUT2D eigenvalue weighted by atomic mass is 19.4. The molecule has 0 radical (unpaired) electrons. The highest BCUT2D eigenvalue weighted by molar-refractivity contribution is 6.21. The van der Waals surface area contributed by atoms with Crippen LogP contribution in [0.15, 0.2) is 18.2 Å². The molecule has 1 atom stereocenters. The minimum absolute atomic E-state index is 0.119. The van der Waals surface area contributed by atoms with Gasteiger partial charge in [0.05, 0.1) is 18.4 Å². The number of imide groups is 1. The fourth-order valence-electron chi connectivity index (χ4n) is 2.41. The Morgan fingerprint density at radius 2 is 1.96 bits per heavy atom. The molecule has 27 heavy (non-hydrogen) atoms. The van der Waals surface area contributed by atoms with Crippen LogP contribution in [0.4, 0.5) is 32.4 Å². The third kappa shape index (κ3) is 4.63. The van der Waals surface area contributed by atoms with Gasteiger partial charge in [-0.15, -0.1) is 0 Å². The van der Waals surface area contributed by atoms with E-state index in [1.165, 1.54) is 0 Å². The predicted molar refractivity (Wildman–Crippen MR) is 79.1 cm³/mol. The van der Waals surface area contributed by atoms with Crippen molar-refractivity contribution in [3.63, 3.8) is 0 Å². The number of nitrogens with one attached hydrogen (secondary N) is 1. The Balaban J connectivity index is 2.30. The van der Waals surface area contributed by atoms with E-state index >= 15 is 0 Å². The SMILES string of the molecule is COC(=O)CC[C@H]1NC(=O)N(c2ccc(OC(F)F)c(C(F)(F)F)c2)C1=O. The average Bonchev–Trinajstić information content (AvgIpc) is 2.85. The standard InChI is InChI=1S/C15H13F5N2O5/c1-26-11(23)5-3-9-12(24)22(14(25)21-9)7-2-4-10(27-13(16)17)8(6-7)15(18,19)20/h2,4,6,9,13H,3,5H2,1H3,(H,21,25)/t9-/m1/s1. The van der Waals surface area contributed by atoms with Crippen LogP contribution in [0.3, 0.4) is 0 Å². The van der Waals surface area contributed by atoms with Crippen molar-refractivity contribution < 1.29 is 45.8 Å². The van der Waals surface area contributed by atoms with Gasteiger partial charge in [0.25, 0.3) is 5.91 Å². The summed E-state index contributed by atoms with van der Waals surface area (Å²) in [5.74, 6) is -2.67. The van der Waals surface area contributed by atoms with E-state index < -0.39 is 53.7 Å². The number of alkyl halides is 5. The van der Waals surface area contributed by atoms with Crippen molar-refractivity contribution in [3.8, 4) is 5.75 Å². The zero-order valence-corrected chi connectivity index (χ0v) is 13.7. The molecule has 0 aromatic heterocycles. The van der Waals surface area contributed by atoms with Gasteiger partial charge in [0.1, 0.15) is 11.8 Å². The quantitative estimate of drug-likeness (QED) is 0.454. The van der Waals surface area contributed by atoms with Gasteiger partial charge in [0, 0.05) is 6.42 Å². The van der Waals surface area contributed by atoms with E-state index in [4.69, 9.17) is 0 Å². The number of hydrogen-bond acceptors (Lipinski definition) is 5. The first-order chi connectivity index (χ1) is 12.5. The summed E-state index contributed by atoms with van der Waals surface area (Å²) in [4.78, 5) is 35.8. The van der Waals surface area contributed by atoms with Crippen LogP contribution in [0, 0.1) is 0 Å². The van der Waals surface area contributed by atoms with Crippen molar-refractivity contribution in [2.45, 2.75) is 31.7 Å². The molecular formula is C15H13F5N2O5. The summed E-state index contributed by atoms with van der Waals surface area (Å²) in [7, 11) is 1.13. The molecule has 148 valence electrons. The van der Waals surface area contributed by atoms with Crippen LogP contribution in [-0.4, -0.2) is 37.7 Å². The lowest BCUT2D eigenvalue weighted by atomic mass is 10.1. The van der Waals surface area contributed by atoms with Crippen LogP contribution in [0.2, 0.25) is 0 Å². The number of anilines is 1. The number of hydrogen-bond donors (Lipinski definition) is 1. The highest BCUT2D eigenvalue weighted by Crippen LogP contribution is 2.39. The molecule has 12 heteroatoms. The molecule has 1 aromatic rings. The van der Waals surface area contributed by atoms with E-state index in [2.05, 4.69) is 14.8 Å². The van der Waals surface area contributed by atoms with E-state index in [1.54, 1.807) is 0 Å². The lowest BCUT2D eigenvalue weighted by molar-refractivity contribution is -0.142. The number of carbonyl (C=O) groups excluding carboxylic acids is 3. The van der Waals surface area contributed by atoms with Crippen molar-refractivity contribution in [1.29, 1.82) is 0 Å². The van der Waals surface area contributed by atoms with E-state index in [0.29, 0.717) is 17.0 Å². The topological polar surface area (TPSA) is 84.9 Å². The number of benzene rings is 1. The summed E-state index contributed by atoms with van der Waals surface area (Å²) in [6, 6.07) is -0.328. The minimum atomic E-state index is -5.07. The van der Waals surface area contributed by atoms with Crippen LogP contribution in [0.5, 0.6) is 5.75 Å². The number of carbonyl (C=O) groups is 3. The third-order valence-corrected chi connectivity index (χ3v) is 3.63. The maximum atomic E-state index is 13.1. The van der Waals surface area contributed by atoms with E-state index in [9.17, 15) is 36.3 Å². The van der Waals surface area contributed by atoms with Gasteiger partial charge >= 0.3 is 24.8 Å². The summed E-state index contributed by atoms with van der Waals surface area (Å²) in [5.41, 5.74) is -2.05. The monoisotopic (exact) mass is 396 g/mol. The molecule has 1 fully saturated rings. The fraction of sp³-hybridized carbons (Fsp3) is 0.400. The first-order valence-corrected chi connectivity index (χ1v) is 7.42. The van der Waals surface area contributed by atoms with Gasteiger partial charge in [0.2, 0.25) is 0 Å². The molecule has 7 nitrogen and oxygen atoms in total. The van der Waals surface area contributed by atoms with Crippen LogP contribution < -0.4 is 15.0 Å². The molecule has 0 aliphatic carbocycles. The second kappa shape index (κ2) is 7.76. The van der Waals surface area contributed by atoms with Crippen LogP contribution in [-0.2, 0) is 20.5 Å². The zero-order chi connectivity index (χ0) is 20.4. The minimum Gasteiger partial charge on any atom is -0.469 e. The Labute approximate surface area is 149 Å². The highest BCUT2D eigenvalue weighted by Gasteiger charge is 2.41. The zero-order valence-electron chi connectivity index (χ0n) is 13.7. The van der Waals surface area contributed by atoms with Crippen molar-refractivity contribution >= 4 is 23.6 Å². The number of nitrogens with zero attached hydrogens (tertiary/aromatic N) is 1. The second-order valence-electron chi connectivity index (χ2n) is 5.35. The van der Waals surface area contributed by atoms with Gasteiger partial charge in [-0.25, -0.2) is 9.69 Å². The normalized spacial score (nSPS) is 17.3. The Bertz CT molecular complexity index is 753. The van der Waals surface area contributed by atoms with Gasteiger partial charge in [0.15, 0.2) is 0 Å². The van der Waals surface area contributed by atoms with Gasteiger partial charge < -0.3 is 14.8 Å². The molecular weight excluding hydrogens is 383 g/mol. The smallest absolute Gasteiger partial charge is 0.420 e. The molecule has 0 unspecified atom stereocenters. The van der Waals surface area contributed by atoms with Gasteiger partial charge in [-0.05, 0) is 24.6 Å². The Morgan fingerprint density at radius 3 is 2.52 bits per heavy atom. The first kappa shape index (κ1) is 20.4. The summed E-state index contributed by atoms with van der Waals surface area (Å²) in [6.07, 6.45) is -5.38. The summed E-state index contributed by atoms with van der Waals surface area (Å²) in [6.45, 7) is -3.49. The number of ether oxygens (including phenoxy) is 2. The van der Waals surface area contributed by atoms with Crippen molar-refractivity contribution in [1.82, 2.24) is 5.32 Å². The van der Waals surface area contributed by atoms with E-state index in [0.717, 1.165) is 13.2 Å². The Hall–Kier alpha value is -2.92. The first-order valence-electron chi connectivity index (χ1n) is 7.42. The molecule has 3 amide bonds. The maximum Gasteiger partial charge on any atom is 0.420 e. The number of halogens is 5. The largest absolute Gasteiger partial charge is 0.469 e. The molecule has 1 aliphatic heterocycles. The third-order valence-electron chi connectivity index (χ3n) is 3.63. The number of urea groups is 1. The maximum absolute atomic E-state index is 13.1. The molecule has 1 saturated heterocycles. The molecule has 0 bridgehead atoms. The molecule has 1 aliphatic rings. The number of rotatable bonds is 6. The summed E-state index contributed by atoms with van der Waals surface area (Å²) >= 11 is 0. The summed E-state index contributed by atoms with van der Waals surface area (Å²) in [5, 5.41) is 2.23. The van der Waals surface area contributed by atoms with Crippen LogP contribution in [0.25, 0.3) is 0 Å². The molecule has 0 spiro atoms. The van der Waals surface area contributed by atoms with Gasteiger partial charge in [-0.1, -0.05) is 0 Å². The van der Waals surface area contributed by atoms with Crippen molar-refractivity contribution in [2.75, 3.05) is 12.0 Å². The van der Waals surface area contributed by atoms with E-state index in [-0.39, 0.29) is 12.8 Å². The lowest BCUT2D eigenvalue weighted by Crippen LogP contribution is -2.32. The summed E-state index contributed by atoms with van der Waals surface area (Å²) < 4.78 is 72.1. The average molecular weight is 396 g/mol. The predicted octanol–water partition coefficient (Wildman–Crippen LogP) is 2.68.